The van der Waals surface area contributed by atoms with Gasteiger partial charge in [-0.1, -0.05) is 0 Å². The van der Waals surface area contributed by atoms with Gasteiger partial charge in [-0.2, -0.15) is 5.26 Å². The highest BCUT2D eigenvalue weighted by molar-refractivity contribution is 5.85. The van der Waals surface area contributed by atoms with Crippen molar-refractivity contribution in [2.24, 2.45) is 0 Å². The van der Waals surface area contributed by atoms with Crippen LogP contribution in [0, 0.1) is 25.2 Å². The van der Waals surface area contributed by atoms with Crippen LogP contribution in [0.3, 0.4) is 0 Å². The lowest BCUT2D eigenvalue weighted by molar-refractivity contribution is 0.188. The monoisotopic (exact) mass is 229 g/mol. The predicted molar refractivity (Wildman–Crippen MR) is 65.8 cm³/mol. The molecule has 17 heavy (non-hydrogen) atoms. The van der Waals surface area contributed by atoms with Gasteiger partial charge in [0.15, 0.2) is 0 Å². The maximum Gasteiger partial charge on any atom is 0.141 e. The maximum absolute atomic E-state index is 8.87. The largest absolute Gasteiger partial charge is 0.383 e. The molecule has 0 unspecified atom stereocenters. The first kappa shape index (κ1) is 11.6. The van der Waals surface area contributed by atoms with Crippen molar-refractivity contribution in [2.75, 3.05) is 13.7 Å². The van der Waals surface area contributed by atoms with Crippen LogP contribution in [0.2, 0.25) is 0 Å². The first-order valence-electron chi connectivity index (χ1n) is 5.53. The van der Waals surface area contributed by atoms with E-state index in [0.717, 1.165) is 17.4 Å². The summed E-state index contributed by atoms with van der Waals surface area (Å²) >= 11 is 0. The first-order valence-corrected chi connectivity index (χ1v) is 5.53. The Balaban J connectivity index is 2.61. The van der Waals surface area contributed by atoms with Crippen molar-refractivity contribution in [3.63, 3.8) is 0 Å². The number of ether oxygens (including phenoxy) is 1. The van der Waals surface area contributed by atoms with Crippen LogP contribution in [0.5, 0.6) is 0 Å². The Hall–Kier alpha value is -1.86. The Morgan fingerprint density at radius 3 is 2.88 bits per heavy atom. The van der Waals surface area contributed by atoms with Crippen molar-refractivity contribution in [2.45, 2.75) is 20.4 Å². The van der Waals surface area contributed by atoms with E-state index in [1.54, 1.807) is 13.3 Å². The Bertz CT molecular complexity index is 593. The van der Waals surface area contributed by atoms with Crippen LogP contribution in [0.4, 0.5) is 0 Å². The summed E-state index contributed by atoms with van der Waals surface area (Å²) in [5, 5.41) is 9.97. The number of nitrogens with zero attached hydrogens (tertiary/aromatic N) is 3. The second-order valence-electron chi connectivity index (χ2n) is 4.05. The fraction of sp³-hybridized carbons (Fsp3) is 0.385. The van der Waals surface area contributed by atoms with E-state index in [1.165, 1.54) is 11.3 Å². The van der Waals surface area contributed by atoms with Gasteiger partial charge in [0.1, 0.15) is 11.8 Å². The molecule has 0 atom stereocenters. The van der Waals surface area contributed by atoms with Crippen molar-refractivity contribution >= 4 is 10.9 Å². The van der Waals surface area contributed by atoms with Crippen LogP contribution in [0.25, 0.3) is 10.9 Å². The van der Waals surface area contributed by atoms with E-state index in [9.17, 15) is 0 Å². The van der Waals surface area contributed by atoms with Crippen LogP contribution < -0.4 is 0 Å². The van der Waals surface area contributed by atoms with Crippen molar-refractivity contribution in [1.29, 1.82) is 5.26 Å². The second kappa shape index (κ2) is 4.56. The number of hydrogen-bond acceptors (Lipinski definition) is 3. The molecule has 2 aromatic heterocycles. The fourth-order valence-electron chi connectivity index (χ4n) is 2.07. The number of methoxy groups -OCH3 is 1. The van der Waals surface area contributed by atoms with E-state index in [0.29, 0.717) is 12.3 Å². The summed E-state index contributed by atoms with van der Waals surface area (Å²) in [6.07, 6.45) is 1.77. The number of fused-ring (bicyclic) bond motifs is 1. The zero-order valence-corrected chi connectivity index (χ0v) is 10.3. The molecular formula is C13H15N3O. The molecule has 0 bridgehead atoms. The van der Waals surface area contributed by atoms with Gasteiger partial charge in [0.2, 0.25) is 0 Å². The van der Waals surface area contributed by atoms with Crippen LogP contribution in [-0.4, -0.2) is 23.3 Å². The normalized spacial score (nSPS) is 10.7. The minimum atomic E-state index is 0.462. The van der Waals surface area contributed by atoms with E-state index >= 15 is 0 Å². The van der Waals surface area contributed by atoms with E-state index < -0.39 is 0 Å². The molecule has 2 aromatic rings. The summed E-state index contributed by atoms with van der Waals surface area (Å²) in [6, 6.07) is 3.92. The Morgan fingerprint density at radius 2 is 2.24 bits per heavy atom. The predicted octanol–water partition coefficient (Wildman–Crippen LogP) is 2.17. The molecule has 0 saturated carbocycles. The lowest BCUT2D eigenvalue weighted by atomic mass is 10.2. The lowest BCUT2D eigenvalue weighted by Gasteiger charge is -2.06. The van der Waals surface area contributed by atoms with Gasteiger partial charge in [0.05, 0.1) is 18.3 Å². The second-order valence-corrected chi connectivity index (χ2v) is 4.05. The highest BCUT2D eigenvalue weighted by atomic mass is 16.5. The molecule has 2 heterocycles. The summed E-state index contributed by atoms with van der Waals surface area (Å²) in [6.45, 7) is 5.63. The molecule has 2 rings (SSSR count). The number of aromatic nitrogens is 2. The van der Waals surface area contributed by atoms with Gasteiger partial charge in [-0.3, -0.25) is 0 Å². The summed E-state index contributed by atoms with van der Waals surface area (Å²) in [4.78, 5) is 4.13. The van der Waals surface area contributed by atoms with Gasteiger partial charge in [0, 0.05) is 24.7 Å². The molecule has 4 heteroatoms. The highest BCUT2D eigenvalue weighted by Crippen LogP contribution is 2.24. The van der Waals surface area contributed by atoms with E-state index in [2.05, 4.69) is 29.5 Å². The molecule has 88 valence electrons. The maximum atomic E-state index is 8.87. The van der Waals surface area contributed by atoms with Crippen LogP contribution in [-0.2, 0) is 11.3 Å². The van der Waals surface area contributed by atoms with E-state index in [4.69, 9.17) is 10.00 Å². The average Bonchev–Trinajstić information content (AvgIpc) is 2.60. The smallest absolute Gasteiger partial charge is 0.141 e. The molecule has 0 aliphatic heterocycles. The van der Waals surface area contributed by atoms with Crippen molar-refractivity contribution in [3.05, 3.63) is 29.2 Å². The van der Waals surface area contributed by atoms with Crippen molar-refractivity contribution < 1.29 is 4.74 Å². The number of nitriles is 1. The van der Waals surface area contributed by atoms with Crippen molar-refractivity contribution in [3.8, 4) is 6.07 Å². The zero-order valence-electron chi connectivity index (χ0n) is 10.3. The molecule has 4 nitrogen and oxygen atoms in total. The topological polar surface area (TPSA) is 50.8 Å². The SMILES string of the molecule is COCCn1c(C)c(C)c2cc(C#N)ncc21. The molecule has 0 N–H and O–H groups in total. The van der Waals surface area contributed by atoms with Crippen molar-refractivity contribution in [1.82, 2.24) is 9.55 Å². The third-order valence-electron chi connectivity index (χ3n) is 3.16. The van der Waals surface area contributed by atoms with E-state index in [-0.39, 0.29) is 0 Å². The molecule has 0 aliphatic carbocycles. The molecule has 0 amide bonds. The molecular weight excluding hydrogens is 214 g/mol. The third kappa shape index (κ3) is 1.90. The van der Waals surface area contributed by atoms with Gasteiger partial charge in [-0.25, -0.2) is 4.98 Å². The molecule has 0 fully saturated rings. The summed E-state index contributed by atoms with van der Waals surface area (Å²) in [5.41, 5.74) is 3.93. The van der Waals surface area contributed by atoms with E-state index in [1.807, 2.05) is 6.07 Å². The average molecular weight is 229 g/mol. The number of pyridine rings is 1. The van der Waals surface area contributed by atoms with Gasteiger partial charge in [-0.15, -0.1) is 0 Å². The Labute approximate surface area is 100 Å². The molecule has 0 spiro atoms. The van der Waals surface area contributed by atoms with Crippen LogP contribution >= 0.6 is 0 Å². The summed E-state index contributed by atoms with van der Waals surface area (Å²) < 4.78 is 7.29. The quantitative estimate of drug-likeness (QED) is 0.810. The third-order valence-corrected chi connectivity index (χ3v) is 3.16. The Kier molecular flexibility index (Phi) is 3.12. The molecule has 0 aliphatic rings. The molecule has 0 aromatic carbocycles. The number of hydrogen-bond donors (Lipinski definition) is 0. The summed E-state index contributed by atoms with van der Waals surface area (Å²) in [5.74, 6) is 0. The van der Waals surface area contributed by atoms with Crippen LogP contribution in [0.1, 0.15) is 17.0 Å². The minimum absolute atomic E-state index is 0.462. The zero-order chi connectivity index (χ0) is 12.4. The number of rotatable bonds is 3. The van der Waals surface area contributed by atoms with Crippen LogP contribution in [0.15, 0.2) is 12.3 Å². The minimum Gasteiger partial charge on any atom is -0.383 e. The molecule has 0 radical (unpaired) electrons. The number of aryl methyl sites for hydroxylation is 1. The van der Waals surface area contributed by atoms with Gasteiger partial charge in [-0.05, 0) is 25.5 Å². The first-order chi connectivity index (χ1) is 8.19. The Morgan fingerprint density at radius 1 is 1.47 bits per heavy atom. The molecule has 0 saturated heterocycles. The highest BCUT2D eigenvalue weighted by Gasteiger charge is 2.11. The van der Waals surface area contributed by atoms with Gasteiger partial charge < -0.3 is 9.30 Å². The van der Waals surface area contributed by atoms with Gasteiger partial charge in [0.25, 0.3) is 0 Å². The fourth-order valence-corrected chi connectivity index (χ4v) is 2.07. The standard InChI is InChI=1S/C13H15N3O/c1-9-10(2)16(4-5-17-3)13-8-15-11(7-14)6-12(9)13/h6,8H,4-5H2,1-3H3. The lowest BCUT2D eigenvalue weighted by Crippen LogP contribution is -2.05. The summed E-state index contributed by atoms with van der Waals surface area (Å²) in [7, 11) is 1.69. The van der Waals surface area contributed by atoms with Gasteiger partial charge >= 0.3 is 0 Å².